The van der Waals surface area contributed by atoms with Crippen LogP contribution in [0.15, 0.2) is 45.4 Å². The maximum Gasteiger partial charge on any atom is 0.0563 e. The zero-order chi connectivity index (χ0) is 13.3. The topological polar surface area (TPSA) is 3.24 Å². The molecule has 0 aromatic heterocycles. The second-order valence-corrected chi connectivity index (χ2v) is 5.82. The summed E-state index contributed by atoms with van der Waals surface area (Å²) in [6.45, 7) is 0. The second-order valence-electron chi connectivity index (χ2n) is 4.52. The van der Waals surface area contributed by atoms with Crippen LogP contribution in [-0.2, 0) is 0 Å². The highest BCUT2D eigenvalue weighted by atomic mass is 35.5. The monoisotopic (exact) mass is 301 g/mol. The maximum atomic E-state index is 6.25. The first-order chi connectivity index (χ1) is 8.49. The summed E-state index contributed by atoms with van der Waals surface area (Å²) >= 11 is 18.3. The molecule has 1 aromatic rings. The van der Waals surface area contributed by atoms with Gasteiger partial charge in [0, 0.05) is 35.8 Å². The van der Waals surface area contributed by atoms with E-state index in [1.807, 2.05) is 14.1 Å². The van der Waals surface area contributed by atoms with Gasteiger partial charge in [0.1, 0.15) is 0 Å². The van der Waals surface area contributed by atoms with Crippen molar-refractivity contribution in [1.82, 2.24) is 0 Å². The summed E-state index contributed by atoms with van der Waals surface area (Å²) in [6.07, 6.45) is 2.40. The highest BCUT2D eigenvalue weighted by molar-refractivity contribution is 6.42. The van der Waals surface area contributed by atoms with Crippen molar-refractivity contribution in [3.8, 4) is 0 Å². The molecule has 4 heteroatoms. The first kappa shape index (κ1) is 13.8. The van der Waals surface area contributed by atoms with E-state index in [4.69, 9.17) is 34.8 Å². The van der Waals surface area contributed by atoms with Gasteiger partial charge in [-0.25, -0.2) is 0 Å². The number of rotatable bonds is 2. The molecule has 1 atom stereocenters. The Labute approximate surface area is 123 Å². The molecular formula is C14H14Cl3N. The van der Waals surface area contributed by atoms with Crippen molar-refractivity contribution >= 4 is 40.5 Å². The van der Waals surface area contributed by atoms with E-state index in [-0.39, 0.29) is 5.92 Å². The third-order valence-corrected chi connectivity index (χ3v) is 4.22. The molecular weight excluding hydrogens is 289 g/mol. The molecule has 0 radical (unpaired) electrons. The SMILES string of the molecule is CN(C)c1ccc(C2CC(Cl)=C(Cl)C=C2Cl)cc1. The van der Waals surface area contributed by atoms with Crippen LogP contribution in [0, 0.1) is 0 Å². The van der Waals surface area contributed by atoms with Crippen molar-refractivity contribution < 1.29 is 0 Å². The van der Waals surface area contributed by atoms with Crippen LogP contribution in [0.4, 0.5) is 5.69 Å². The number of hydrogen-bond donors (Lipinski definition) is 0. The Morgan fingerprint density at radius 3 is 2.22 bits per heavy atom. The Balaban J connectivity index is 2.26. The Morgan fingerprint density at radius 2 is 1.67 bits per heavy atom. The van der Waals surface area contributed by atoms with Crippen LogP contribution in [0.2, 0.25) is 0 Å². The van der Waals surface area contributed by atoms with Gasteiger partial charge in [0.25, 0.3) is 0 Å². The molecule has 0 saturated heterocycles. The van der Waals surface area contributed by atoms with E-state index >= 15 is 0 Å². The van der Waals surface area contributed by atoms with Gasteiger partial charge in [0.15, 0.2) is 0 Å². The lowest BCUT2D eigenvalue weighted by Gasteiger charge is -2.22. The summed E-state index contributed by atoms with van der Waals surface area (Å²) in [7, 11) is 4.03. The van der Waals surface area contributed by atoms with Gasteiger partial charge in [-0.1, -0.05) is 46.9 Å². The molecule has 1 aliphatic carbocycles. The van der Waals surface area contributed by atoms with E-state index < -0.39 is 0 Å². The molecule has 0 saturated carbocycles. The minimum atomic E-state index is 0.109. The van der Waals surface area contributed by atoms with Gasteiger partial charge in [-0.15, -0.1) is 0 Å². The van der Waals surface area contributed by atoms with Crippen LogP contribution < -0.4 is 4.90 Å². The van der Waals surface area contributed by atoms with Crippen molar-refractivity contribution in [2.75, 3.05) is 19.0 Å². The molecule has 96 valence electrons. The Hall–Kier alpha value is -0.630. The number of anilines is 1. The molecule has 1 nitrogen and oxygen atoms in total. The largest absolute Gasteiger partial charge is 0.378 e. The van der Waals surface area contributed by atoms with Crippen LogP contribution >= 0.6 is 34.8 Å². The van der Waals surface area contributed by atoms with Gasteiger partial charge in [-0.2, -0.15) is 0 Å². The fourth-order valence-electron chi connectivity index (χ4n) is 1.96. The van der Waals surface area contributed by atoms with Gasteiger partial charge < -0.3 is 4.90 Å². The summed E-state index contributed by atoms with van der Waals surface area (Å²) in [4.78, 5) is 2.06. The predicted molar refractivity (Wildman–Crippen MR) is 80.8 cm³/mol. The first-order valence-corrected chi connectivity index (χ1v) is 6.81. The van der Waals surface area contributed by atoms with Gasteiger partial charge in [0.05, 0.1) is 5.03 Å². The van der Waals surface area contributed by atoms with E-state index in [1.165, 1.54) is 0 Å². The molecule has 0 spiro atoms. The highest BCUT2D eigenvalue weighted by Gasteiger charge is 2.22. The van der Waals surface area contributed by atoms with Crippen LogP contribution in [0.5, 0.6) is 0 Å². The molecule has 0 heterocycles. The number of halogens is 3. The fourth-order valence-corrected chi connectivity index (χ4v) is 2.73. The Kier molecular flexibility index (Phi) is 4.26. The fraction of sp³-hybridized carbons (Fsp3) is 0.286. The molecule has 0 bridgehead atoms. The first-order valence-electron chi connectivity index (χ1n) is 5.67. The quantitative estimate of drug-likeness (QED) is 0.739. The lowest BCUT2D eigenvalue weighted by Crippen LogP contribution is -2.09. The average Bonchev–Trinajstić information content (AvgIpc) is 2.34. The third-order valence-electron chi connectivity index (χ3n) is 3.05. The van der Waals surface area contributed by atoms with Gasteiger partial charge >= 0.3 is 0 Å². The van der Waals surface area contributed by atoms with E-state index in [2.05, 4.69) is 29.2 Å². The summed E-state index contributed by atoms with van der Waals surface area (Å²) in [5, 5.41) is 1.95. The van der Waals surface area contributed by atoms with Gasteiger partial charge in [-0.3, -0.25) is 0 Å². The van der Waals surface area contributed by atoms with Crippen molar-refractivity contribution in [3.63, 3.8) is 0 Å². The summed E-state index contributed by atoms with van der Waals surface area (Å²) in [5.74, 6) is 0.109. The predicted octanol–water partition coefficient (Wildman–Crippen LogP) is 5.05. The second kappa shape index (κ2) is 5.56. The van der Waals surface area contributed by atoms with Gasteiger partial charge in [-0.05, 0) is 30.2 Å². The molecule has 2 rings (SSSR count). The molecule has 0 N–H and O–H groups in total. The van der Waals surface area contributed by atoms with Crippen LogP contribution in [0.25, 0.3) is 0 Å². The molecule has 1 unspecified atom stereocenters. The minimum Gasteiger partial charge on any atom is -0.378 e. The van der Waals surface area contributed by atoms with Crippen molar-refractivity contribution in [3.05, 3.63) is 51.0 Å². The van der Waals surface area contributed by atoms with Crippen LogP contribution in [0.3, 0.4) is 0 Å². The van der Waals surface area contributed by atoms with Crippen molar-refractivity contribution in [2.24, 2.45) is 0 Å². The zero-order valence-electron chi connectivity index (χ0n) is 10.3. The van der Waals surface area contributed by atoms with Crippen molar-refractivity contribution in [1.29, 1.82) is 0 Å². The average molecular weight is 303 g/mol. The van der Waals surface area contributed by atoms with E-state index in [9.17, 15) is 0 Å². The number of nitrogens with zero attached hydrogens (tertiary/aromatic N) is 1. The van der Waals surface area contributed by atoms with E-state index in [0.717, 1.165) is 16.3 Å². The maximum absolute atomic E-state index is 6.25. The van der Waals surface area contributed by atoms with E-state index in [1.54, 1.807) is 6.08 Å². The van der Waals surface area contributed by atoms with E-state index in [0.29, 0.717) is 16.5 Å². The molecule has 0 fully saturated rings. The molecule has 0 aliphatic heterocycles. The number of allylic oxidation sites excluding steroid dienone is 4. The van der Waals surface area contributed by atoms with Gasteiger partial charge in [0.2, 0.25) is 0 Å². The molecule has 0 amide bonds. The molecule has 1 aromatic carbocycles. The third kappa shape index (κ3) is 2.85. The van der Waals surface area contributed by atoms with Crippen LogP contribution in [-0.4, -0.2) is 14.1 Å². The lowest BCUT2D eigenvalue weighted by atomic mass is 9.92. The zero-order valence-corrected chi connectivity index (χ0v) is 12.5. The number of benzene rings is 1. The lowest BCUT2D eigenvalue weighted by molar-refractivity contribution is 0.824. The molecule has 18 heavy (non-hydrogen) atoms. The molecule has 1 aliphatic rings. The summed E-state index contributed by atoms with van der Waals surface area (Å²) < 4.78 is 0. The Bertz CT molecular complexity index is 500. The highest BCUT2D eigenvalue weighted by Crippen LogP contribution is 2.41. The summed E-state index contributed by atoms with van der Waals surface area (Å²) in [5.41, 5.74) is 2.32. The Morgan fingerprint density at radius 1 is 1.06 bits per heavy atom. The van der Waals surface area contributed by atoms with Crippen LogP contribution in [0.1, 0.15) is 17.9 Å². The minimum absolute atomic E-state index is 0.109. The number of hydrogen-bond acceptors (Lipinski definition) is 1. The normalized spacial score (nSPS) is 19.8. The summed E-state index contributed by atoms with van der Waals surface area (Å²) in [6, 6.07) is 8.32. The smallest absolute Gasteiger partial charge is 0.0563 e. The van der Waals surface area contributed by atoms with Crippen molar-refractivity contribution in [2.45, 2.75) is 12.3 Å². The standard InChI is InChI=1S/C14H14Cl3N/c1-18(2)10-5-3-9(4-6-10)11-7-13(16)14(17)8-12(11)15/h3-6,8,11H,7H2,1-2H3.